The molecule has 0 radical (unpaired) electrons. The van der Waals surface area contributed by atoms with E-state index in [1.54, 1.807) is 24.3 Å². The molecule has 2 unspecified atom stereocenters. The van der Waals surface area contributed by atoms with Crippen molar-refractivity contribution in [1.82, 2.24) is 0 Å². The van der Waals surface area contributed by atoms with E-state index in [4.69, 9.17) is 26.3 Å². The number of ketones is 1. The first-order valence-electron chi connectivity index (χ1n) is 7.82. The minimum atomic E-state index is -1.99. The van der Waals surface area contributed by atoms with E-state index in [-0.39, 0.29) is 29.4 Å². The summed E-state index contributed by atoms with van der Waals surface area (Å²) in [4.78, 5) is 12.4. The van der Waals surface area contributed by atoms with Crippen molar-refractivity contribution in [3.05, 3.63) is 81.9 Å². The predicted octanol–water partition coefficient (Wildman–Crippen LogP) is 3.31. The summed E-state index contributed by atoms with van der Waals surface area (Å²) in [5, 5.41) is 0.493. The van der Waals surface area contributed by atoms with Crippen LogP contribution < -0.4 is 5.73 Å². The van der Waals surface area contributed by atoms with Crippen molar-refractivity contribution in [1.29, 1.82) is 0 Å². The van der Waals surface area contributed by atoms with Crippen molar-refractivity contribution in [3.8, 4) is 0 Å². The molecule has 1 aliphatic heterocycles. The Morgan fingerprint density at radius 3 is 2.59 bits per heavy atom. The Morgan fingerprint density at radius 1 is 1.19 bits per heavy atom. The Balaban J connectivity index is 1.63. The molecule has 0 saturated carbocycles. The largest absolute Gasteiger partial charge is 0.460 e. The molecule has 0 fully saturated rings. The highest BCUT2D eigenvalue weighted by atomic mass is 35.5. The molecule has 0 saturated heterocycles. The van der Waals surface area contributed by atoms with Crippen LogP contribution in [0.5, 0.6) is 0 Å². The number of hydrogen-bond donors (Lipinski definition) is 1. The van der Waals surface area contributed by atoms with Gasteiger partial charge in [0.05, 0.1) is 5.75 Å². The quantitative estimate of drug-likeness (QED) is 0.786. The molecule has 0 amide bonds. The fraction of sp³-hybridized carbons (Fsp3) is 0.167. The van der Waals surface area contributed by atoms with Gasteiger partial charge >= 0.3 is 0 Å². The van der Waals surface area contributed by atoms with Gasteiger partial charge in [0, 0.05) is 10.6 Å². The van der Waals surface area contributed by atoms with Crippen molar-refractivity contribution in [2.75, 3.05) is 5.75 Å². The number of hydrogen-bond acceptors (Lipinski definition) is 5. The minimum absolute atomic E-state index is 0.0426. The van der Waals surface area contributed by atoms with E-state index in [2.05, 4.69) is 0 Å². The maximum Gasteiger partial charge on any atom is 0.249 e. The fourth-order valence-electron chi connectivity index (χ4n) is 2.48. The molecule has 5 nitrogen and oxygen atoms in total. The van der Waals surface area contributed by atoms with Gasteiger partial charge in [0.25, 0.3) is 0 Å². The van der Waals surface area contributed by atoms with Gasteiger partial charge < -0.3 is 14.7 Å². The lowest BCUT2D eigenvalue weighted by Gasteiger charge is -2.09. The lowest BCUT2D eigenvalue weighted by Crippen LogP contribution is -2.14. The number of Topliss-reactive ketones (excluding diaryl/α,β-unsaturated/α-hetero) is 1. The second-order valence-electron chi connectivity index (χ2n) is 5.68. The molecule has 0 aromatic heterocycles. The molecule has 2 atom stereocenters. The molecule has 2 aromatic carbocycles. The number of aryl methyl sites for hydroxylation is 1. The zero-order valence-electron chi connectivity index (χ0n) is 13.8. The first kappa shape index (κ1) is 19.3. The predicted molar refractivity (Wildman–Crippen MR) is 95.7 cm³/mol. The molecule has 9 heteroatoms. The van der Waals surface area contributed by atoms with Gasteiger partial charge in [0.1, 0.15) is 11.6 Å². The van der Waals surface area contributed by atoms with Crippen LogP contribution in [0, 0.1) is 11.6 Å². The highest BCUT2D eigenvalue weighted by Crippen LogP contribution is 2.32. The van der Waals surface area contributed by atoms with Crippen LogP contribution in [0.4, 0.5) is 8.78 Å². The normalized spacial score (nSPS) is 17.7. The zero-order valence-corrected chi connectivity index (χ0v) is 15.4. The zero-order chi connectivity index (χ0) is 19.6. The first-order valence-corrected chi connectivity index (χ1v) is 9.44. The molecule has 2 N–H and O–H groups in total. The number of nitrogens with two attached hydrogens (primary N) is 1. The highest BCUT2D eigenvalue weighted by Gasteiger charge is 2.38. The third-order valence-corrected chi connectivity index (χ3v) is 4.97. The average molecular weight is 414 g/mol. The summed E-state index contributed by atoms with van der Waals surface area (Å²) in [5.74, 6) is -2.60. The molecule has 0 spiro atoms. The third kappa shape index (κ3) is 4.45. The number of halogens is 3. The Kier molecular flexibility index (Phi) is 5.76. The van der Waals surface area contributed by atoms with Crippen LogP contribution in [0.15, 0.2) is 54.1 Å². The summed E-state index contributed by atoms with van der Waals surface area (Å²) in [6, 6.07) is 9.38. The van der Waals surface area contributed by atoms with Gasteiger partial charge in [-0.25, -0.2) is 13.0 Å². The van der Waals surface area contributed by atoms with E-state index in [1.165, 1.54) is 0 Å². The van der Waals surface area contributed by atoms with Crippen molar-refractivity contribution in [3.63, 3.8) is 0 Å². The Hall–Kier alpha value is -2.45. The van der Waals surface area contributed by atoms with Crippen LogP contribution in [0.3, 0.4) is 0 Å². The number of carbonyl (C=O) groups is 1. The molecular formula is C18H14ClF2NO4S. The van der Waals surface area contributed by atoms with Crippen LogP contribution in [0.1, 0.15) is 17.2 Å². The number of carbonyl (C=O) groups excluding carboxylic acids is 1. The van der Waals surface area contributed by atoms with Gasteiger partial charge in [-0.3, -0.25) is 4.79 Å². The average Bonchev–Trinajstić information content (AvgIpc) is 2.91. The Morgan fingerprint density at radius 2 is 1.89 bits per heavy atom. The summed E-state index contributed by atoms with van der Waals surface area (Å²) < 4.78 is 49.3. The van der Waals surface area contributed by atoms with E-state index in [0.717, 1.165) is 18.2 Å². The van der Waals surface area contributed by atoms with Crippen molar-refractivity contribution in [2.24, 2.45) is 5.73 Å². The number of rotatable bonds is 6. The summed E-state index contributed by atoms with van der Waals surface area (Å²) in [7, 11) is 0. The standard InChI is InChI=1S/C18H14ClF2NO4S/c19-12-3-1-10(2-4-12)16-15(23)17(18(22)25-16)26-27(24)8-7-11-9-13(20)5-6-14(11)21/h1-6,9,16H,7-8,22H2. The summed E-state index contributed by atoms with van der Waals surface area (Å²) >= 11 is 3.82. The van der Waals surface area contributed by atoms with E-state index in [1.807, 2.05) is 0 Å². The SMILES string of the molecule is NC1=C(OS(=O)CCc2cc(F)ccc2F)C(=O)C(c2ccc(Cl)cc2)O1. The minimum Gasteiger partial charge on any atom is -0.460 e. The summed E-state index contributed by atoms with van der Waals surface area (Å²) in [6.07, 6.45) is -1.06. The second-order valence-corrected chi connectivity index (χ2v) is 7.30. The van der Waals surface area contributed by atoms with Crippen LogP contribution >= 0.6 is 11.6 Å². The molecule has 142 valence electrons. The smallest absolute Gasteiger partial charge is 0.249 e. The molecular weight excluding hydrogens is 400 g/mol. The molecule has 27 heavy (non-hydrogen) atoms. The van der Waals surface area contributed by atoms with Gasteiger partial charge in [-0.2, -0.15) is 0 Å². The van der Waals surface area contributed by atoms with Crippen LogP contribution in [-0.2, 0) is 31.2 Å². The fourth-order valence-corrected chi connectivity index (χ4v) is 3.42. The van der Waals surface area contributed by atoms with Crippen LogP contribution in [0.2, 0.25) is 5.02 Å². The lowest BCUT2D eigenvalue weighted by atomic mass is 10.1. The van der Waals surface area contributed by atoms with Crippen molar-refractivity contribution < 1.29 is 26.7 Å². The number of benzene rings is 2. The first-order chi connectivity index (χ1) is 12.8. The molecule has 3 rings (SSSR count). The van der Waals surface area contributed by atoms with E-state index >= 15 is 0 Å². The van der Waals surface area contributed by atoms with Crippen LogP contribution in [0.25, 0.3) is 0 Å². The lowest BCUT2D eigenvalue weighted by molar-refractivity contribution is -0.123. The maximum absolute atomic E-state index is 13.6. The van der Waals surface area contributed by atoms with Gasteiger partial charge in [-0.15, -0.1) is 0 Å². The topological polar surface area (TPSA) is 78.6 Å². The van der Waals surface area contributed by atoms with Crippen molar-refractivity contribution >= 4 is 28.5 Å². The monoisotopic (exact) mass is 413 g/mol. The van der Waals surface area contributed by atoms with E-state index < -0.39 is 34.6 Å². The molecule has 0 aliphatic carbocycles. The molecule has 0 bridgehead atoms. The van der Waals surface area contributed by atoms with Crippen LogP contribution in [-0.4, -0.2) is 15.7 Å². The van der Waals surface area contributed by atoms with Gasteiger partial charge in [-0.05, 0) is 42.3 Å². The summed E-state index contributed by atoms with van der Waals surface area (Å²) in [5.41, 5.74) is 6.24. The Bertz CT molecular complexity index is 933. The van der Waals surface area contributed by atoms with Gasteiger partial charge in [0.15, 0.2) is 6.10 Å². The molecule has 1 aliphatic rings. The second kappa shape index (κ2) is 8.06. The number of ether oxygens (including phenoxy) is 1. The van der Waals surface area contributed by atoms with Gasteiger partial charge in [0.2, 0.25) is 28.5 Å². The third-order valence-electron chi connectivity index (χ3n) is 3.83. The Labute approximate surface area is 161 Å². The molecule has 2 aromatic rings. The highest BCUT2D eigenvalue weighted by molar-refractivity contribution is 7.80. The van der Waals surface area contributed by atoms with Gasteiger partial charge in [-0.1, -0.05) is 23.7 Å². The van der Waals surface area contributed by atoms with E-state index in [9.17, 15) is 17.8 Å². The summed E-state index contributed by atoms with van der Waals surface area (Å²) in [6.45, 7) is 0. The molecule has 1 heterocycles. The van der Waals surface area contributed by atoms with Crippen molar-refractivity contribution in [2.45, 2.75) is 12.5 Å². The van der Waals surface area contributed by atoms with E-state index in [0.29, 0.717) is 10.6 Å². The maximum atomic E-state index is 13.6.